The van der Waals surface area contributed by atoms with Crippen molar-refractivity contribution in [1.82, 2.24) is 9.62 Å². The van der Waals surface area contributed by atoms with Crippen molar-refractivity contribution in [2.45, 2.75) is 44.9 Å². The highest BCUT2D eigenvalue weighted by Gasteiger charge is 2.23. The first-order valence-electron chi connectivity index (χ1n) is 8.86. The van der Waals surface area contributed by atoms with Gasteiger partial charge in [0, 0.05) is 26.1 Å². The maximum absolute atomic E-state index is 12.2. The largest absolute Gasteiger partial charge is 0.355 e. The number of carbonyl (C=O) groups excluding carboxylic acids is 1. The van der Waals surface area contributed by atoms with E-state index in [4.69, 9.17) is 0 Å². The lowest BCUT2D eigenvalue weighted by Gasteiger charge is -2.25. The number of hydrogen-bond acceptors (Lipinski definition) is 3. The van der Waals surface area contributed by atoms with Crippen LogP contribution in [-0.2, 0) is 21.2 Å². The molecule has 134 valence electrons. The Hall–Kier alpha value is -1.40. The van der Waals surface area contributed by atoms with Gasteiger partial charge in [-0.2, -0.15) is 0 Å². The molecule has 0 radical (unpaired) electrons. The molecule has 1 aromatic rings. The van der Waals surface area contributed by atoms with Crippen molar-refractivity contribution in [1.29, 1.82) is 0 Å². The van der Waals surface area contributed by atoms with E-state index in [-0.39, 0.29) is 18.2 Å². The third kappa shape index (κ3) is 6.61. The Kier molecular flexibility index (Phi) is 7.72. The van der Waals surface area contributed by atoms with E-state index in [1.165, 1.54) is 5.56 Å². The quantitative estimate of drug-likeness (QED) is 0.694. The fourth-order valence-electron chi connectivity index (χ4n) is 2.94. The summed E-state index contributed by atoms with van der Waals surface area (Å²) in [5, 5.41) is 2.73. The number of aryl methyl sites for hydroxylation is 1. The molecule has 1 aromatic carbocycles. The van der Waals surface area contributed by atoms with Crippen LogP contribution >= 0.6 is 0 Å². The molecule has 1 saturated heterocycles. The lowest BCUT2D eigenvalue weighted by Crippen LogP contribution is -2.40. The van der Waals surface area contributed by atoms with Crippen LogP contribution in [0.15, 0.2) is 30.3 Å². The van der Waals surface area contributed by atoms with E-state index in [0.29, 0.717) is 19.5 Å². The number of unbranched alkanes of at least 4 members (excludes halogenated alkanes) is 1. The van der Waals surface area contributed by atoms with Crippen LogP contribution in [0, 0.1) is 0 Å². The summed E-state index contributed by atoms with van der Waals surface area (Å²) in [4.78, 5) is 11.8. The van der Waals surface area contributed by atoms with E-state index in [9.17, 15) is 13.2 Å². The van der Waals surface area contributed by atoms with E-state index >= 15 is 0 Å². The number of hydrogen-bond donors (Lipinski definition) is 1. The number of rotatable bonds is 9. The number of carbonyl (C=O) groups is 1. The van der Waals surface area contributed by atoms with Crippen LogP contribution in [0.3, 0.4) is 0 Å². The van der Waals surface area contributed by atoms with Gasteiger partial charge in [-0.15, -0.1) is 0 Å². The number of benzene rings is 1. The lowest BCUT2D eigenvalue weighted by atomic mass is 10.1. The van der Waals surface area contributed by atoms with Crippen LogP contribution in [0.4, 0.5) is 0 Å². The second-order valence-electron chi connectivity index (χ2n) is 6.32. The van der Waals surface area contributed by atoms with Crippen molar-refractivity contribution in [2.24, 2.45) is 0 Å². The molecule has 1 aliphatic heterocycles. The highest BCUT2D eigenvalue weighted by molar-refractivity contribution is 7.89. The van der Waals surface area contributed by atoms with Gasteiger partial charge in [0.05, 0.1) is 5.75 Å². The Morgan fingerprint density at radius 3 is 2.46 bits per heavy atom. The minimum atomic E-state index is -3.22. The van der Waals surface area contributed by atoms with E-state index in [1.807, 2.05) is 18.2 Å². The van der Waals surface area contributed by atoms with E-state index < -0.39 is 10.0 Å². The Balaban J connectivity index is 1.57. The first-order chi connectivity index (χ1) is 11.6. The second-order valence-corrected chi connectivity index (χ2v) is 8.41. The molecule has 24 heavy (non-hydrogen) atoms. The standard InChI is InChI=1S/C18H28N2O3S/c21-18(12-6-5-11-17-9-3-1-4-10-17)19-13-16-24(22,23)20-14-7-2-8-15-20/h1,3-4,9-10H,2,5-8,11-16H2,(H,19,21). The molecule has 0 unspecified atom stereocenters. The van der Waals surface area contributed by atoms with Gasteiger partial charge < -0.3 is 5.32 Å². The maximum Gasteiger partial charge on any atom is 0.220 e. The minimum absolute atomic E-state index is 0.00273. The van der Waals surface area contributed by atoms with Crippen LogP contribution < -0.4 is 5.32 Å². The Labute approximate surface area is 145 Å². The zero-order valence-electron chi connectivity index (χ0n) is 14.2. The van der Waals surface area contributed by atoms with Crippen LogP contribution in [0.25, 0.3) is 0 Å². The normalized spacial score (nSPS) is 16.0. The number of piperidine rings is 1. The van der Waals surface area contributed by atoms with Crippen molar-refractivity contribution in [2.75, 3.05) is 25.4 Å². The summed E-state index contributed by atoms with van der Waals surface area (Å²) in [5.41, 5.74) is 1.28. The molecule has 0 spiro atoms. The van der Waals surface area contributed by atoms with Gasteiger partial charge in [0.1, 0.15) is 0 Å². The van der Waals surface area contributed by atoms with Crippen LogP contribution in [0.5, 0.6) is 0 Å². The maximum atomic E-state index is 12.2. The second kappa shape index (κ2) is 9.79. The van der Waals surface area contributed by atoms with Gasteiger partial charge in [-0.05, 0) is 37.7 Å². The average Bonchev–Trinajstić information content (AvgIpc) is 2.60. The third-order valence-corrected chi connectivity index (χ3v) is 6.22. The molecule has 6 heteroatoms. The molecule has 0 bridgehead atoms. The summed E-state index contributed by atoms with van der Waals surface area (Å²) in [5.74, 6) is -0.0557. The Morgan fingerprint density at radius 2 is 1.75 bits per heavy atom. The van der Waals surface area contributed by atoms with E-state index in [0.717, 1.165) is 38.5 Å². The van der Waals surface area contributed by atoms with Crippen molar-refractivity contribution >= 4 is 15.9 Å². The molecule has 0 aromatic heterocycles. The molecular formula is C18H28N2O3S. The summed E-state index contributed by atoms with van der Waals surface area (Å²) >= 11 is 0. The first-order valence-corrected chi connectivity index (χ1v) is 10.5. The fourth-order valence-corrected chi connectivity index (χ4v) is 4.37. The van der Waals surface area contributed by atoms with E-state index in [2.05, 4.69) is 17.4 Å². The summed E-state index contributed by atoms with van der Waals surface area (Å²) in [7, 11) is -3.22. The zero-order valence-corrected chi connectivity index (χ0v) is 15.1. The van der Waals surface area contributed by atoms with E-state index in [1.54, 1.807) is 4.31 Å². The van der Waals surface area contributed by atoms with Crippen LogP contribution in [-0.4, -0.2) is 44.0 Å². The van der Waals surface area contributed by atoms with Gasteiger partial charge in [0.15, 0.2) is 0 Å². The van der Waals surface area contributed by atoms with Crippen molar-refractivity contribution in [3.8, 4) is 0 Å². The summed E-state index contributed by atoms with van der Waals surface area (Å²) in [6.45, 7) is 1.45. The third-order valence-electron chi connectivity index (χ3n) is 4.35. The molecule has 1 amide bonds. The molecule has 0 saturated carbocycles. The van der Waals surface area contributed by atoms with Crippen LogP contribution in [0.1, 0.15) is 44.1 Å². The van der Waals surface area contributed by atoms with Gasteiger partial charge in [-0.25, -0.2) is 12.7 Å². The number of amides is 1. The van der Waals surface area contributed by atoms with Gasteiger partial charge in [0.2, 0.25) is 15.9 Å². The molecule has 0 atom stereocenters. The summed E-state index contributed by atoms with van der Waals surface area (Å²) in [6.07, 6.45) is 6.18. The smallest absolute Gasteiger partial charge is 0.220 e. The predicted octanol–water partition coefficient (Wildman–Crippen LogP) is 2.33. The zero-order chi connectivity index (χ0) is 17.3. The fraction of sp³-hybridized carbons (Fsp3) is 0.611. The molecule has 1 heterocycles. The molecule has 2 rings (SSSR count). The molecule has 1 N–H and O–H groups in total. The summed E-state index contributed by atoms with van der Waals surface area (Å²) in [6, 6.07) is 10.2. The van der Waals surface area contributed by atoms with Crippen molar-refractivity contribution in [3.05, 3.63) is 35.9 Å². The summed E-state index contributed by atoms with van der Waals surface area (Å²) < 4.78 is 25.9. The van der Waals surface area contributed by atoms with Crippen molar-refractivity contribution in [3.63, 3.8) is 0 Å². The van der Waals surface area contributed by atoms with Crippen LogP contribution in [0.2, 0.25) is 0 Å². The lowest BCUT2D eigenvalue weighted by molar-refractivity contribution is -0.121. The number of sulfonamides is 1. The Bertz CT molecular complexity index is 596. The topological polar surface area (TPSA) is 66.5 Å². The Morgan fingerprint density at radius 1 is 1.04 bits per heavy atom. The monoisotopic (exact) mass is 352 g/mol. The van der Waals surface area contributed by atoms with Gasteiger partial charge in [0.25, 0.3) is 0 Å². The average molecular weight is 353 g/mol. The van der Waals surface area contributed by atoms with Crippen molar-refractivity contribution < 1.29 is 13.2 Å². The predicted molar refractivity (Wildman–Crippen MR) is 96.2 cm³/mol. The SMILES string of the molecule is O=C(CCCCc1ccccc1)NCCS(=O)(=O)N1CCCCC1. The highest BCUT2D eigenvalue weighted by Crippen LogP contribution is 2.13. The molecular weight excluding hydrogens is 324 g/mol. The minimum Gasteiger partial charge on any atom is -0.355 e. The van der Waals surface area contributed by atoms with Gasteiger partial charge >= 0.3 is 0 Å². The molecule has 1 aliphatic rings. The molecule has 1 fully saturated rings. The number of nitrogens with one attached hydrogen (secondary N) is 1. The van der Waals surface area contributed by atoms with Gasteiger partial charge in [-0.3, -0.25) is 4.79 Å². The number of nitrogens with zero attached hydrogens (tertiary/aromatic N) is 1. The highest BCUT2D eigenvalue weighted by atomic mass is 32.2. The van der Waals surface area contributed by atoms with Gasteiger partial charge in [-0.1, -0.05) is 36.8 Å². The first kappa shape index (κ1) is 18.9. The molecule has 5 nitrogen and oxygen atoms in total. The molecule has 0 aliphatic carbocycles.